The van der Waals surface area contributed by atoms with Crippen LogP contribution < -0.4 is 5.32 Å². The lowest BCUT2D eigenvalue weighted by Gasteiger charge is -2.08. The van der Waals surface area contributed by atoms with Crippen molar-refractivity contribution in [2.45, 2.75) is 23.4 Å². The van der Waals surface area contributed by atoms with Gasteiger partial charge in [0.1, 0.15) is 0 Å². The summed E-state index contributed by atoms with van der Waals surface area (Å²) in [6, 6.07) is 0. The molecule has 0 aliphatic rings. The van der Waals surface area contributed by atoms with E-state index in [-0.39, 0.29) is 11.2 Å². The molecule has 0 unspecified atom stereocenters. The molecule has 2 amide bonds. The van der Waals surface area contributed by atoms with Gasteiger partial charge in [-0.05, 0) is 13.8 Å². The predicted octanol–water partition coefficient (Wildman–Crippen LogP) is 1.81. The van der Waals surface area contributed by atoms with Gasteiger partial charge in [0.05, 0.1) is 12.4 Å². The number of amides is 2. The third kappa shape index (κ3) is 3.82. The number of aromatic nitrogens is 1. The number of hydrogen-bond donors (Lipinski definition) is 1. The molecule has 5 nitrogen and oxygen atoms in total. The van der Waals surface area contributed by atoms with Crippen molar-refractivity contribution in [1.29, 1.82) is 0 Å². The Balaban J connectivity index is 2.48. The van der Waals surface area contributed by atoms with Crippen molar-refractivity contribution >= 4 is 35.1 Å². The Hall–Kier alpha value is -1.08. The van der Waals surface area contributed by atoms with Crippen molar-refractivity contribution in [3.63, 3.8) is 0 Å². The number of hydrogen-bond acceptors (Lipinski definition) is 6. The Kier molecular flexibility index (Phi) is 4.75. The highest BCUT2D eigenvalue weighted by atomic mass is 32.2. The zero-order valence-electron chi connectivity index (χ0n) is 9.14. The summed E-state index contributed by atoms with van der Waals surface area (Å²) in [4.78, 5) is 26.5. The van der Waals surface area contributed by atoms with Crippen molar-refractivity contribution in [3.8, 4) is 0 Å². The van der Waals surface area contributed by atoms with Gasteiger partial charge < -0.3 is 4.74 Å². The number of carbonyl (C=O) groups excluding carboxylic acids is 2. The van der Waals surface area contributed by atoms with Gasteiger partial charge in [-0.1, -0.05) is 11.8 Å². The fraction of sp³-hybridized carbons (Fsp3) is 0.444. The van der Waals surface area contributed by atoms with E-state index < -0.39 is 6.09 Å². The Morgan fingerprint density at radius 3 is 2.81 bits per heavy atom. The van der Waals surface area contributed by atoms with Gasteiger partial charge in [0, 0.05) is 11.1 Å². The second kappa shape index (κ2) is 5.86. The molecule has 0 spiro atoms. The molecule has 0 aromatic carbocycles. The van der Waals surface area contributed by atoms with Gasteiger partial charge in [-0.3, -0.25) is 10.1 Å². The van der Waals surface area contributed by atoms with Gasteiger partial charge in [0.2, 0.25) is 5.91 Å². The lowest BCUT2D eigenvalue weighted by molar-refractivity contribution is -0.119. The Labute approximate surface area is 102 Å². The number of nitrogens with zero attached hydrogens (tertiary/aromatic N) is 1. The second-order valence-corrected chi connectivity index (χ2v) is 5.44. The van der Waals surface area contributed by atoms with Gasteiger partial charge in [-0.2, -0.15) is 0 Å². The molecule has 0 aliphatic heterocycles. The van der Waals surface area contributed by atoms with Gasteiger partial charge in [0.15, 0.2) is 4.34 Å². The van der Waals surface area contributed by atoms with E-state index in [0.717, 1.165) is 10.0 Å². The van der Waals surface area contributed by atoms with Crippen LogP contribution in [0.3, 0.4) is 0 Å². The predicted molar refractivity (Wildman–Crippen MR) is 62.7 cm³/mol. The van der Waals surface area contributed by atoms with Crippen LogP contribution in [0.1, 0.15) is 12.6 Å². The number of thioether (sulfide) groups is 1. The minimum absolute atomic E-state index is 0.385. The number of rotatable bonds is 3. The van der Waals surface area contributed by atoms with Crippen LogP contribution in [0.2, 0.25) is 0 Å². The molecule has 1 aromatic heterocycles. The normalized spacial score (nSPS) is 11.9. The summed E-state index contributed by atoms with van der Waals surface area (Å²) >= 11 is 2.79. The van der Waals surface area contributed by atoms with E-state index in [0.29, 0.717) is 0 Å². The van der Waals surface area contributed by atoms with Crippen LogP contribution in [0.4, 0.5) is 4.79 Å². The van der Waals surface area contributed by atoms with Crippen LogP contribution in [-0.4, -0.2) is 29.3 Å². The number of ether oxygens (including phenoxy) is 1. The van der Waals surface area contributed by atoms with Gasteiger partial charge in [0.25, 0.3) is 0 Å². The molecule has 88 valence electrons. The van der Waals surface area contributed by atoms with Crippen LogP contribution in [-0.2, 0) is 9.53 Å². The highest BCUT2D eigenvalue weighted by Gasteiger charge is 2.18. The van der Waals surface area contributed by atoms with Gasteiger partial charge in [-0.25, -0.2) is 9.78 Å². The van der Waals surface area contributed by atoms with Crippen molar-refractivity contribution in [2.75, 3.05) is 7.11 Å². The molecule has 1 rings (SSSR count). The number of aryl methyl sites for hydroxylation is 1. The molecule has 1 aromatic rings. The molecular formula is C9H12N2O3S2. The third-order valence-corrected chi connectivity index (χ3v) is 3.85. The summed E-state index contributed by atoms with van der Waals surface area (Å²) in [6.07, 6.45) is -0.743. The highest BCUT2D eigenvalue weighted by Crippen LogP contribution is 2.26. The van der Waals surface area contributed by atoms with Crippen LogP contribution in [0, 0.1) is 6.92 Å². The van der Waals surface area contributed by atoms with Crippen LogP contribution in [0.25, 0.3) is 0 Å². The molecule has 7 heteroatoms. The average molecular weight is 260 g/mol. The van der Waals surface area contributed by atoms with Crippen molar-refractivity contribution in [1.82, 2.24) is 10.3 Å². The Morgan fingerprint density at radius 1 is 1.62 bits per heavy atom. The third-order valence-electron chi connectivity index (χ3n) is 1.66. The molecular weight excluding hydrogens is 248 g/mol. The van der Waals surface area contributed by atoms with Crippen LogP contribution in [0.5, 0.6) is 0 Å². The van der Waals surface area contributed by atoms with Crippen molar-refractivity contribution in [2.24, 2.45) is 0 Å². The van der Waals surface area contributed by atoms with Crippen molar-refractivity contribution < 1.29 is 14.3 Å². The fourth-order valence-electron chi connectivity index (χ4n) is 0.845. The largest absolute Gasteiger partial charge is 0.453 e. The molecule has 0 saturated heterocycles. The first-order chi connectivity index (χ1) is 7.52. The van der Waals surface area contributed by atoms with E-state index in [1.165, 1.54) is 30.2 Å². The smallest absolute Gasteiger partial charge is 0.413 e. The quantitative estimate of drug-likeness (QED) is 0.839. The van der Waals surface area contributed by atoms with Crippen LogP contribution in [0.15, 0.2) is 9.72 Å². The zero-order valence-corrected chi connectivity index (χ0v) is 10.8. The SMILES string of the molecule is COC(=O)NC(=O)[C@H](C)Sc1nc(C)cs1. The molecule has 1 heterocycles. The summed E-state index contributed by atoms with van der Waals surface area (Å²) in [5.74, 6) is -0.385. The van der Waals surface area contributed by atoms with E-state index in [9.17, 15) is 9.59 Å². The van der Waals surface area contributed by atoms with Gasteiger partial charge in [-0.15, -0.1) is 11.3 Å². The molecule has 0 fully saturated rings. The summed E-state index contributed by atoms with van der Waals surface area (Å²) in [6.45, 7) is 3.60. The average Bonchev–Trinajstić information content (AvgIpc) is 2.63. The standard InChI is InChI=1S/C9H12N2O3S2/c1-5-4-15-9(10-5)16-6(2)7(12)11-8(13)14-3/h4,6H,1-3H3,(H,11,12,13)/t6-/m0/s1. The first-order valence-electron chi connectivity index (χ1n) is 4.50. The molecule has 1 atom stereocenters. The van der Waals surface area contributed by atoms with Crippen molar-refractivity contribution in [3.05, 3.63) is 11.1 Å². The number of imide groups is 1. The minimum Gasteiger partial charge on any atom is -0.453 e. The van der Waals surface area contributed by atoms with E-state index in [4.69, 9.17) is 0 Å². The highest BCUT2D eigenvalue weighted by molar-refractivity contribution is 8.02. The minimum atomic E-state index is -0.743. The number of alkyl carbamates (subject to hydrolysis) is 1. The first kappa shape index (κ1) is 13.0. The van der Waals surface area contributed by atoms with E-state index >= 15 is 0 Å². The Bertz CT molecular complexity index is 392. The molecule has 0 bridgehead atoms. The molecule has 16 heavy (non-hydrogen) atoms. The molecule has 1 N–H and O–H groups in total. The van der Waals surface area contributed by atoms with Gasteiger partial charge >= 0.3 is 6.09 Å². The summed E-state index contributed by atoms with van der Waals surface area (Å²) in [7, 11) is 1.21. The number of thiazole rings is 1. The first-order valence-corrected chi connectivity index (χ1v) is 6.26. The summed E-state index contributed by atoms with van der Waals surface area (Å²) in [5.41, 5.74) is 0.924. The maximum atomic E-state index is 11.5. The monoisotopic (exact) mass is 260 g/mol. The number of methoxy groups -OCH3 is 1. The fourth-order valence-corrected chi connectivity index (χ4v) is 2.83. The van der Waals surface area contributed by atoms with E-state index in [2.05, 4.69) is 15.0 Å². The lowest BCUT2D eigenvalue weighted by atomic mass is 10.4. The maximum absolute atomic E-state index is 11.5. The second-order valence-electron chi connectivity index (χ2n) is 3.00. The molecule has 0 saturated carbocycles. The molecule has 0 radical (unpaired) electrons. The maximum Gasteiger partial charge on any atom is 0.413 e. The molecule has 0 aliphatic carbocycles. The summed E-state index contributed by atoms with van der Waals surface area (Å²) in [5, 5.41) is 3.64. The zero-order chi connectivity index (χ0) is 12.1. The summed E-state index contributed by atoms with van der Waals surface area (Å²) < 4.78 is 5.14. The van der Waals surface area contributed by atoms with E-state index in [1.54, 1.807) is 6.92 Å². The Morgan fingerprint density at radius 2 is 2.31 bits per heavy atom. The number of carbonyl (C=O) groups is 2. The topological polar surface area (TPSA) is 68.3 Å². The lowest BCUT2D eigenvalue weighted by Crippen LogP contribution is -2.35. The number of nitrogens with one attached hydrogen (secondary N) is 1. The van der Waals surface area contributed by atoms with Crippen LogP contribution >= 0.6 is 23.1 Å². The van der Waals surface area contributed by atoms with E-state index in [1.807, 2.05) is 12.3 Å².